The molecule has 1 aromatic rings. The number of rotatable bonds is 10. The van der Waals surface area contributed by atoms with E-state index in [9.17, 15) is 18.0 Å². The number of piperidine rings is 1. The molecule has 1 atom stereocenters. The van der Waals surface area contributed by atoms with Crippen LogP contribution >= 0.6 is 11.6 Å². The summed E-state index contributed by atoms with van der Waals surface area (Å²) in [5, 5.41) is 0.265. The molecule has 11 nitrogen and oxygen atoms in total. The van der Waals surface area contributed by atoms with Crippen molar-refractivity contribution in [3.63, 3.8) is 0 Å². The molecule has 2 fully saturated rings. The van der Waals surface area contributed by atoms with Crippen molar-refractivity contribution >= 4 is 39.0 Å². The van der Waals surface area contributed by atoms with E-state index in [1.807, 2.05) is 11.8 Å². The number of aromatic amines is 1. The number of Topliss-reactive ketones (excluding diaryl/α,β-unsaturated/α-hetero) is 1. The molecule has 0 aromatic carbocycles. The number of nitrogens with two attached hydrogens (primary N) is 1. The summed E-state index contributed by atoms with van der Waals surface area (Å²) < 4.78 is 27.6. The van der Waals surface area contributed by atoms with E-state index in [1.54, 1.807) is 0 Å². The molecule has 4 N–H and O–H groups in total. The Morgan fingerprint density at radius 1 is 1.26 bits per heavy atom. The summed E-state index contributed by atoms with van der Waals surface area (Å²) >= 11 is 6.08. The quantitative estimate of drug-likeness (QED) is 0.279. The number of hydrogen-bond donors (Lipinski definition) is 3. The molecule has 0 spiro atoms. The van der Waals surface area contributed by atoms with E-state index in [-0.39, 0.29) is 39.1 Å². The fourth-order valence-electron chi connectivity index (χ4n) is 5.39. The van der Waals surface area contributed by atoms with Crippen LogP contribution < -0.4 is 20.9 Å². The Hall–Kier alpha value is -2.51. The Morgan fingerprint density at radius 2 is 1.92 bits per heavy atom. The van der Waals surface area contributed by atoms with Crippen molar-refractivity contribution in [3.8, 4) is 0 Å². The molecule has 0 radical (unpaired) electrons. The van der Waals surface area contributed by atoms with Gasteiger partial charge in [0.1, 0.15) is 5.69 Å². The molecular weight excluding hydrogens is 542 g/mol. The number of anilines is 2. The molecule has 0 amide bonds. The van der Waals surface area contributed by atoms with Gasteiger partial charge in [-0.3, -0.25) is 19.4 Å². The normalized spacial score (nSPS) is 21.1. The molecule has 1 unspecified atom stereocenters. The van der Waals surface area contributed by atoms with Crippen molar-refractivity contribution in [2.45, 2.75) is 52.1 Å². The number of ketones is 1. The van der Waals surface area contributed by atoms with E-state index in [0.29, 0.717) is 25.7 Å². The number of nitrogens with zero attached hydrogens (tertiary/aromatic N) is 4. The highest BCUT2D eigenvalue weighted by Gasteiger charge is 2.34. The molecule has 3 heterocycles. The van der Waals surface area contributed by atoms with E-state index < -0.39 is 15.6 Å². The van der Waals surface area contributed by atoms with Crippen LogP contribution in [-0.2, 0) is 10.0 Å². The summed E-state index contributed by atoms with van der Waals surface area (Å²) in [7, 11) is -2.28. The number of allylic oxidation sites excluding steroid dienone is 3. The van der Waals surface area contributed by atoms with Crippen molar-refractivity contribution in [1.29, 1.82) is 0 Å². The number of carbonyl (C=O) groups excluding carboxylic acids is 1. The van der Waals surface area contributed by atoms with Crippen molar-refractivity contribution in [3.05, 3.63) is 50.3 Å². The maximum Gasteiger partial charge on any atom is 0.291 e. The first-order valence-corrected chi connectivity index (χ1v) is 15.0. The second kappa shape index (κ2) is 13.2. The van der Waals surface area contributed by atoms with Gasteiger partial charge in [-0.2, -0.15) is 0 Å². The van der Waals surface area contributed by atoms with Crippen molar-refractivity contribution < 1.29 is 13.2 Å². The zero-order valence-electron chi connectivity index (χ0n) is 23.2. The molecule has 2 aliphatic rings. The molecule has 1 aromatic heterocycles. The van der Waals surface area contributed by atoms with Crippen LogP contribution in [-0.4, -0.2) is 92.4 Å². The largest absolute Gasteiger partial charge is 0.382 e. The lowest BCUT2D eigenvalue weighted by molar-refractivity contribution is 0.0657. The van der Waals surface area contributed by atoms with E-state index in [0.717, 1.165) is 44.5 Å². The van der Waals surface area contributed by atoms with Gasteiger partial charge in [0, 0.05) is 50.2 Å². The number of piperazine rings is 1. The average Bonchev–Trinajstić information content (AvgIpc) is 2.92. The van der Waals surface area contributed by atoms with Gasteiger partial charge in [0.15, 0.2) is 17.4 Å². The van der Waals surface area contributed by atoms with E-state index in [4.69, 9.17) is 17.3 Å². The lowest BCUT2D eigenvalue weighted by Gasteiger charge is -2.47. The van der Waals surface area contributed by atoms with Crippen LogP contribution in [0, 0.1) is 0 Å². The summed E-state index contributed by atoms with van der Waals surface area (Å²) in [6, 6.07) is 0.634. The molecular formula is C26H40ClN7O4S. The van der Waals surface area contributed by atoms with Crippen LogP contribution in [0.1, 0.15) is 50.5 Å². The lowest BCUT2D eigenvalue weighted by atomic mass is 9.98. The minimum absolute atomic E-state index is 0.0391. The zero-order chi connectivity index (χ0) is 28.9. The second-order valence-electron chi connectivity index (χ2n) is 10.0. The van der Waals surface area contributed by atoms with Crippen molar-refractivity contribution in [2.24, 2.45) is 0 Å². The third-order valence-electron chi connectivity index (χ3n) is 7.50. The van der Waals surface area contributed by atoms with Gasteiger partial charge in [0.2, 0.25) is 10.0 Å². The number of sulfonamides is 1. The number of aromatic nitrogens is 2. The van der Waals surface area contributed by atoms with Gasteiger partial charge in [-0.05, 0) is 58.0 Å². The fourth-order valence-corrected chi connectivity index (χ4v) is 6.59. The zero-order valence-corrected chi connectivity index (χ0v) is 24.7. The minimum Gasteiger partial charge on any atom is -0.382 e. The van der Waals surface area contributed by atoms with Gasteiger partial charge in [-0.15, -0.1) is 0 Å². The van der Waals surface area contributed by atoms with Crippen LogP contribution in [0.5, 0.6) is 0 Å². The molecule has 0 saturated carbocycles. The Kier molecular flexibility index (Phi) is 10.5. The molecule has 39 heavy (non-hydrogen) atoms. The first kappa shape index (κ1) is 31.0. The third kappa shape index (κ3) is 7.37. The number of likely N-dealkylation sites (tertiary alicyclic amines) is 1. The first-order valence-electron chi connectivity index (χ1n) is 13.2. The Balaban J connectivity index is 1.67. The van der Waals surface area contributed by atoms with Crippen LogP contribution in [0.2, 0.25) is 0 Å². The van der Waals surface area contributed by atoms with Crippen molar-refractivity contribution in [1.82, 2.24) is 24.5 Å². The summed E-state index contributed by atoms with van der Waals surface area (Å²) in [4.78, 5) is 38.1. The van der Waals surface area contributed by atoms with Gasteiger partial charge < -0.3 is 15.6 Å². The molecule has 3 rings (SSSR count). The summed E-state index contributed by atoms with van der Waals surface area (Å²) in [5.74, 6) is -0.0309. The van der Waals surface area contributed by atoms with Gasteiger partial charge in [0.05, 0.1) is 4.91 Å². The summed E-state index contributed by atoms with van der Waals surface area (Å²) in [5.41, 5.74) is 6.30. The first-order chi connectivity index (χ1) is 18.4. The van der Waals surface area contributed by atoms with Crippen LogP contribution in [0.15, 0.2) is 39.0 Å². The molecule has 0 bridgehead atoms. The predicted octanol–water partition coefficient (Wildman–Crippen LogP) is 2.05. The van der Waals surface area contributed by atoms with Crippen molar-refractivity contribution in [2.75, 3.05) is 56.9 Å². The predicted molar refractivity (Wildman–Crippen MR) is 157 cm³/mol. The van der Waals surface area contributed by atoms with Crippen LogP contribution in [0.25, 0.3) is 0 Å². The summed E-state index contributed by atoms with van der Waals surface area (Å²) in [6.07, 6.45) is 5.69. The maximum atomic E-state index is 12.7. The molecule has 2 aliphatic heterocycles. The smallest absolute Gasteiger partial charge is 0.291 e. The number of carbonyl (C=O) groups is 1. The highest BCUT2D eigenvalue weighted by atomic mass is 35.5. The lowest BCUT2D eigenvalue weighted by Crippen LogP contribution is -2.59. The van der Waals surface area contributed by atoms with E-state index in [1.165, 1.54) is 26.1 Å². The second-order valence-corrected chi connectivity index (χ2v) is 12.3. The SMILES string of the molecule is C=C/C(Cl)=C\C(=C(/C)CN1CCC(N2CCN(c3nc(N)c(C(C)=O)[nH]c3=O)CC2CC)CC1)S(=O)(=O)NC. The number of halogens is 1. The monoisotopic (exact) mass is 581 g/mol. The summed E-state index contributed by atoms with van der Waals surface area (Å²) in [6.45, 7) is 13.2. The molecule has 216 valence electrons. The molecule has 13 heteroatoms. The maximum absolute atomic E-state index is 12.7. The standard InChI is InChI=1S/C26H40ClN7O4S/c1-6-19(27)14-22(39(37,38)29-5)17(3)15-32-10-8-21(9-11-32)34-13-12-33(16-20(34)7-2)25-26(36)30-23(18(4)35)24(28)31-25/h6,14,20-21,29H,1,7-13,15-16H2,2-5H3,(H2,28,31)(H,30,36)/b19-14+,22-17-. The van der Waals surface area contributed by atoms with E-state index in [2.05, 4.69) is 38.0 Å². The third-order valence-corrected chi connectivity index (χ3v) is 9.35. The fraction of sp³-hybridized carbons (Fsp3) is 0.577. The highest BCUT2D eigenvalue weighted by molar-refractivity contribution is 7.93. The molecule has 0 aliphatic carbocycles. The van der Waals surface area contributed by atoms with Gasteiger partial charge in [-0.1, -0.05) is 31.2 Å². The van der Waals surface area contributed by atoms with Crippen LogP contribution in [0.4, 0.5) is 11.6 Å². The van der Waals surface area contributed by atoms with E-state index >= 15 is 0 Å². The number of nitrogens with one attached hydrogen (secondary N) is 2. The van der Waals surface area contributed by atoms with Gasteiger partial charge in [0.25, 0.3) is 5.56 Å². The Bertz CT molecular complexity index is 1300. The molecule has 2 saturated heterocycles. The van der Waals surface area contributed by atoms with Gasteiger partial charge >= 0.3 is 0 Å². The van der Waals surface area contributed by atoms with Gasteiger partial charge in [-0.25, -0.2) is 18.1 Å². The highest BCUT2D eigenvalue weighted by Crippen LogP contribution is 2.26. The van der Waals surface area contributed by atoms with Crippen LogP contribution in [0.3, 0.4) is 0 Å². The minimum atomic E-state index is -3.67. The Labute approximate surface area is 235 Å². The topological polar surface area (TPSA) is 145 Å². The number of H-pyrrole nitrogens is 1. The number of hydrogen-bond acceptors (Lipinski definition) is 9. The average molecular weight is 582 g/mol. The Morgan fingerprint density at radius 3 is 2.49 bits per heavy atom. The number of nitrogen functional groups attached to an aromatic ring is 1.